The van der Waals surface area contributed by atoms with Gasteiger partial charge in [0.15, 0.2) is 5.41 Å². The zero-order valence-corrected chi connectivity index (χ0v) is 16.1. The quantitative estimate of drug-likeness (QED) is 0.858. The number of benzene rings is 1. The van der Waals surface area contributed by atoms with Gasteiger partial charge in [-0.2, -0.15) is 15.8 Å². The zero-order valence-electron chi connectivity index (χ0n) is 16.1. The van der Waals surface area contributed by atoms with Crippen molar-refractivity contribution in [2.75, 3.05) is 34.4 Å². The Hall–Kier alpha value is -3.47. The molecular weight excluding hydrogens is 354 g/mol. The van der Waals surface area contributed by atoms with E-state index in [1.54, 1.807) is 19.2 Å². The molecule has 0 unspecified atom stereocenters. The minimum atomic E-state index is -1.67. The van der Waals surface area contributed by atoms with Gasteiger partial charge in [-0.25, -0.2) is 0 Å². The Kier molecular flexibility index (Phi) is 5.01. The molecule has 7 nitrogen and oxygen atoms in total. The number of methoxy groups -OCH3 is 2. The van der Waals surface area contributed by atoms with Crippen molar-refractivity contribution in [3.05, 3.63) is 46.7 Å². The summed E-state index contributed by atoms with van der Waals surface area (Å²) in [5.74, 6) is 0.283. The van der Waals surface area contributed by atoms with Crippen molar-refractivity contribution in [3.63, 3.8) is 0 Å². The fourth-order valence-electron chi connectivity index (χ4n) is 4.24. The molecule has 0 bridgehead atoms. The number of ether oxygens (including phenoxy) is 2. The maximum Gasteiger partial charge on any atom is 0.191 e. The molecule has 0 saturated carbocycles. The average molecular weight is 375 g/mol. The molecule has 0 spiro atoms. The summed E-state index contributed by atoms with van der Waals surface area (Å²) in [4.78, 5) is 2.09. The van der Waals surface area contributed by atoms with Crippen LogP contribution < -0.4 is 15.2 Å². The molecule has 1 aliphatic carbocycles. The van der Waals surface area contributed by atoms with Gasteiger partial charge in [0, 0.05) is 36.6 Å². The van der Waals surface area contributed by atoms with Gasteiger partial charge < -0.3 is 20.1 Å². The molecular formula is C21H21N5O2. The number of allylic oxidation sites excluding steroid dienone is 2. The van der Waals surface area contributed by atoms with Crippen molar-refractivity contribution in [1.29, 1.82) is 15.8 Å². The van der Waals surface area contributed by atoms with Gasteiger partial charge in [0.1, 0.15) is 17.6 Å². The van der Waals surface area contributed by atoms with E-state index in [2.05, 4.69) is 23.1 Å². The Bertz CT molecular complexity index is 976. The minimum Gasteiger partial charge on any atom is -0.497 e. The van der Waals surface area contributed by atoms with Gasteiger partial charge in [-0.05, 0) is 18.7 Å². The van der Waals surface area contributed by atoms with Crippen LogP contribution in [-0.2, 0) is 0 Å². The van der Waals surface area contributed by atoms with E-state index >= 15 is 0 Å². The van der Waals surface area contributed by atoms with Crippen LogP contribution >= 0.6 is 0 Å². The highest BCUT2D eigenvalue weighted by Gasteiger charge is 2.55. The highest BCUT2D eigenvalue weighted by atomic mass is 16.5. The largest absolute Gasteiger partial charge is 0.497 e. The molecule has 1 aliphatic heterocycles. The van der Waals surface area contributed by atoms with E-state index < -0.39 is 11.3 Å². The monoisotopic (exact) mass is 375 g/mol. The van der Waals surface area contributed by atoms with Gasteiger partial charge in [0.25, 0.3) is 0 Å². The van der Waals surface area contributed by atoms with Crippen LogP contribution in [0.15, 0.2) is 41.1 Å². The first kappa shape index (κ1) is 19.3. The normalized spacial score (nSPS) is 23.5. The standard InChI is InChI=1S/C21H21N5O2/c1-26-7-6-14-16(9-22)20(25)21(11-23,12-24)19(17(14)10-26)15-5-4-13(27-2)8-18(15)28-3/h4-6,8,17,19H,7,10,25H2,1-3H3/t17-,19-/m1/s1. The van der Waals surface area contributed by atoms with Gasteiger partial charge >= 0.3 is 0 Å². The van der Waals surface area contributed by atoms with E-state index in [0.717, 1.165) is 5.57 Å². The summed E-state index contributed by atoms with van der Waals surface area (Å²) in [6.45, 7) is 1.26. The second-order valence-corrected chi connectivity index (χ2v) is 7.00. The number of hydrogen-bond acceptors (Lipinski definition) is 7. The van der Waals surface area contributed by atoms with Crippen LogP contribution in [0.2, 0.25) is 0 Å². The van der Waals surface area contributed by atoms with E-state index in [0.29, 0.717) is 30.2 Å². The maximum atomic E-state index is 10.1. The lowest BCUT2D eigenvalue weighted by Gasteiger charge is -2.45. The fraction of sp³-hybridized carbons (Fsp3) is 0.381. The number of likely N-dealkylation sites (N-methyl/N-ethyl adjacent to an activating group) is 1. The summed E-state index contributed by atoms with van der Waals surface area (Å²) in [5, 5.41) is 29.9. The fourth-order valence-corrected chi connectivity index (χ4v) is 4.24. The van der Waals surface area contributed by atoms with Crippen LogP contribution in [0.5, 0.6) is 11.5 Å². The third kappa shape index (κ3) is 2.67. The second-order valence-electron chi connectivity index (χ2n) is 7.00. The number of nitrogens with zero attached hydrogens (tertiary/aromatic N) is 4. The van der Waals surface area contributed by atoms with Gasteiger partial charge in [0.05, 0.1) is 37.6 Å². The highest BCUT2D eigenvalue weighted by Crippen LogP contribution is 2.55. The molecule has 7 heteroatoms. The molecule has 0 amide bonds. The first-order valence-electron chi connectivity index (χ1n) is 8.81. The van der Waals surface area contributed by atoms with Gasteiger partial charge in [-0.1, -0.05) is 12.1 Å². The number of hydrogen-bond donors (Lipinski definition) is 1. The molecule has 3 rings (SSSR count). The molecule has 2 aliphatic rings. The lowest BCUT2D eigenvalue weighted by atomic mass is 9.58. The van der Waals surface area contributed by atoms with Crippen LogP contribution in [0.3, 0.4) is 0 Å². The lowest BCUT2D eigenvalue weighted by molar-refractivity contribution is 0.234. The predicted octanol–water partition coefficient (Wildman–Crippen LogP) is 2.06. The average Bonchev–Trinajstić information content (AvgIpc) is 2.73. The Morgan fingerprint density at radius 2 is 1.89 bits per heavy atom. The predicted molar refractivity (Wildman–Crippen MR) is 102 cm³/mol. The van der Waals surface area contributed by atoms with Crippen molar-refractivity contribution < 1.29 is 9.47 Å². The van der Waals surface area contributed by atoms with Gasteiger partial charge in [0.2, 0.25) is 0 Å². The molecule has 2 atom stereocenters. The van der Waals surface area contributed by atoms with Gasteiger partial charge in [-0.15, -0.1) is 0 Å². The smallest absolute Gasteiger partial charge is 0.191 e. The van der Waals surface area contributed by atoms with Gasteiger partial charge in [-0.3, -0.25) is 0 Å². The maximum absolute atomic E-state index is 10.1. The lowest BCUT2D eigenvalue weighted by Crippen LogP contribution is -2.47. The Labute approximate surface area is 164 Å². The van der Waals surface area contributed by atoms with Crippen molar-refractivity contribution in [1.82, 2.24) is 4.90 Å². The van der Waals surface area contributed by atoms with E-state index in [1.807, 2.05) is 19.2 Å². The Balaban J connectivity index is 2.35. The Morgan fingerprint density at radius 1 is 1.18 bits per heavy atom. The molecule has 2 N–H and O–H groups in total. The molecule has 0 aromatic heterocycles. The molecule has 28 heavy (non-hydrogen) atoms. The van der Waals surface area contributed by atoms with Crippen LogP contribution in [0.1, 0.15) is 11.5 Å². The van der Waals surface area contributed by atoms with Crippen molar-refractivity contribution >= 4 is 0 Å². The molecule has 142 valence electrons. The molecule has 0 radical (unpaired) electrons. The summed E-state index contributed by atoms with van der Waals surface area (Å²) in [7, 11) is 5.05. The summed E-state index contributed by atoms with van der Waals surface area (Å²) < 4.78 is 10.8. The van der Waals surface area contributed by atoms with Crippen LogP contribution in [-0.4, -0.2) is 39.3 Å². The first-order chi connectivity index (χ1) is 13.5. The van der Waals surface area contributed by atoms with E-state index in [4.69, 9.17) is 15.2 Å². The number of rotatable bonds is 3. The molecule has 1 aromatic carbocycles. The third-order valence-electron chi connectivity index (χ3n) is 5.62. The number of nitrogens with two attached hydrogens (primary N) is 1. The molecule has 1 heterocycles. The summed E-state index contributed by atoms with van der Waals surface area (Å²) in [5.41, 5.74) is 6.36. The van der Waals surface area contributed by atoms with Crippen molar-refractivity contribution in [3.8, 4) is 29.7 Å². The third-order valence-corrected chi connectivity index (χ3v) is 5.62. The summed E-state index contributed by atoms with van der Waals surface area (Å²) in [6, 6.07) is 11.7. The Morgan fingerprint density at radius 3 is 2.46 bits per heavy atom. The van der Waals surface area contributed by atoms with Crippen LogP contribution in [0.4, 0.5) is 0 Å². The molecule has 0 fully saturated rings. The summed E-state index contributed by atoms with van der Waals surface area (Å²) in [6.07, 6.45) is 1.96. The second kappa shape index (κ2) is 7.27. The molecule has 1 aromatic rings. The van der Waals surface area contributed by atoms with E-state index in [1.165, 1.54) is 7.11 Å². The zero-order chi connectivity index (χ0) is 20.5. The van der Waals surface area contributed by atoms with Crippen LogP contribution in [0.25, 0.3) is 0 Å². The van der Waals surface area contributed by atoms with E-state index in [9.17, 15) is 15.8 Å². The SMILES string of the molecule is COc1ccc([C@@H]2[C@@H]3CN(C)CC=C3C(C#N)=C(N)C2(C#N)C#N)c(OC)c1. The summed E-state index contributed by atoms with van der Waals surface area (Å²) >= 11 is 0. The van der Waals surface area contributed by atoms with Crippen LogP contribution in [0, 0.1) is 45.3 Å². The molecule has 0 saturated heterocycles. The van der Waals surface area contributed by atoms with Crippen molar-refractivity contribution in [2.24, 2.45) is 17.1 Å². The topological polar surface area (TPSA) is 119 Å². The van der Waals surface area contributed by atoms with Crippen molar-refractivity contribution in [2.45, 2.75) is 5.92 Å². The number of fused-ring (bicyclic) bond motifs is 1. The first-order valence-corrected chi connectivity index (χ1v) is 8.81. The number of nitriles is 3. The highest BCUT2D eigenvalue weighted by molar-refractivity contribution is 5.61. The minimum absolute atomic E-state index is 0.00919. The van der Waals surface area contributed by atoms with E-state index in [-0.39, 0.29) is 17.2 Å².